The Labute approximate surface area is 115 Å². The van der Waals surface area contributed by atoms with Crippen molar-refractivity contribution in [3.63, 3.8) is 0 Å². The van der Waals surface area contributed by atoms with Gasteiger partial charge in [0.25, 0.3) is 0 Å². The zero-order chi connectivity index (χ0) is 13.4. The van der Waals surface area contributed by atoms with E-state index in [1.807, 2.05) is 0 Å². The maximum atomic E-state index is 3.76. The van der Waals surface area contributed by atoms with Gasteiger partial charge in [-0.15, -0.1) is 0 Å². The number of hydrogen-bond acceptors (Lipinski definition) is 1. The molecule has 1 saturated carbocycles. The molecule has 0 aromatic carbocycles. The van der Waals surface area contributed by atoms with Crippen LogP contribution in [0.4, 0.5) is 0 Å². The van der Waals surface area contributed by atoms with Crippen molar-refractivity contribution >= 4 is 0 Å². The Morgan fingerprint density at radius 1 is 1.06 bits per heavy atom. The fraction of sp³-hybridized carbons (Fsp3) is 1.00. The van der Waals surface area contributed by atoms with Crippen molar-refractivity contribution in [3.05, 3.63) is 0 Å². The monoisotopic (exact) mass is 253 g/mol. The largest absolute Gasteiger partial charge is 0.314 e. The first-order valence-corrected chi connectivity index (χ1v) is 8.44. The van der Waals surface area contributed by atoms with Crippen molar-refractivity contribution in [3.8, 4) is 0 Å². The molecule has 2 unspecified atom stereocenters. The molecule has 0 aromatic rings. The van der Waals surface area contributed by atoms with Gasteiger partial charge in [-0.3, -0.25) is 0 Å². The van der Waals surface area contributed by atoms with Gasteiger partial charge in [0, 0.05) is 6.04 Å². The molecule has 0 heterocycles. The molecule has 1 nitrogen and oxygen atoms in total. The Morgan fingerprint density at radius 2 is 1.72 bits per heavy atom. The van der Waals surface area contributed by atoms with Crippen molar-refractivity contribution in [2.24, 2.45) is 17.8 Å². The molecule has 1 aliphatic carbocycles. The zero-order valence-corrected chi connectivity index (χ0v) is 13.2. The molecular weight excluding hydrogens is 218 g/mol. The van der Waals surface area contributed by atoms with E-state index in [9.17, 15) is 0 Å². The Hall–Kier alpha value is -0.0400. The van der Waals surface area contributed by atoms with Gasteiger partial charge in [-0.1, -0.05) is 59.8 Å². The van der Waals surface area contributed by atoms with Gasteiger partial charge in [-0.2, -0.15) is 0 Å². The van der Waals surface area contributed by atoms with Crippen LogP contribution in [0.25, 0.3) is 0 Å². The third-order valence-corrected chi connectivity index (χ3v) is 4.98. The van der Waals surface area contributed by atoms with Gasteiger partial charge in [0.2, 0.25) is 0 Å². The summed E-state index contributed by atoms with van der Waals surface area (Å²) in [6, 6.07) is 0.785. The van der Waals surface area contributed by atoms with Crippen LogP contribution in [0, 0.1) is 17.8 Å². The Bertz CT molecular complexity index is 194. The summed E-state index contributed by atoms with van der Waals surface area (Å²) in [4.78, 5) is 0. The number of hydrogen-bond donors (Lipinski definition) is 1. The molecule has 1 heteroatoms. The quantitative estimate of drug-likeness (QED) is 0.641. The van der Waals surface area contributed by atoms with Crippen LogP contribution in [0.2, 0.25) is 0 Å². The molecule has 0 aliphatic heterocycles. The average Bonchev–Trinajstić information content (AvgIpc) is 2.39. The molecule has 0 aromatic heterocycles. The molecule has 1 fully saturated rings. The third-order valence-electron chi connectivity index (χ3n) is 4.98. The second-order valence-electron chi connectivity index (χ2n) is 6.48. The van der Waals surface area contributed by atoms with Gasteiger partial charge >= 0.3 is 0 Å². The highest BCUT2D eigenvalue weighted by atomic mass is 14.9. The fourth-order valence-electron chi connectivity index (χ4n) is 3.59. The summed E-state index contributed by atoms with van der Waals surface area (Å²) in [7, 11) is 0. The molecule has 1 aliphatic rings. The first-order chi connectivity index (χ1) is 8.71. The molecular formula is C17H35N. The smallest absolute Gasteiger partial charge is 0.00977 e. The minimum atomic E-state index is 0.785. The van der Waals surface area contributed by atoms with E-state index in [0.29, 0.717) is 0 Å². The SMILES string of the molecule is CCCC1CCC(C(CC(C)CC)NCC)CC1. The molecule has 0 radical (unpaired) electrons. The van der Waals surface area contributed by atoms with E-state index in [1.54, 1.807) is 0 Å². The maximum absolute atomic E-state index is 3.76. The lowest BCUT2D eigenvalue weighted by atomic mass is 9.75. The normalized spacial score (nSPS) is 28.0. The Kier molecular flexibility index (Phi) is 7.97. The van der Waals surface area contributed by atoms with Crippen LogP contribution < -0.4 is 5.32 Å². The highest BCUT2D eigenvalue weighted by Crippen LogP contribution is 2.34. The van der Waals surface area contributed by atoms with E-state index >= 15 is 0 Å². The lowest BCUT2D eigenvalue weighted by molar-refractivity contribution is 0.196. The minimum absolute atomic E-state index is 0.785. The van der Waals surface area contributed by atoms with E-state index in [-0.39, 0.29) is 0 Å². The van der Waals surface area contributed by atoms with E-state index in [1.165, 1.54) is 51.4 Å². The summed E-state index contributed by atoms with van der Waals surface area (Å²) in [6.07, 6.45) is 11.5. The van der Waals surface area contributed by atoms with Crippen LogP contribution in [0.1, 0.15) is 79.1 Å². The topological polar surface area (TPSA) is 12.0 Å². The van der Waals surface area contributed by atoms with Gasteiger partial charge in [0.1, 0.15) is 0 Å². The summed E-state index contributed by atoms with van der Waals surface area (Å²) in [5.74, 6) is 2.87. The summed E-state index contributed by atoms with van der Waals surface area (Å²) in [5.41, 5.74) is 0. The number of nitrogens with one attached hydrogen (secondary N) is 1. The Morgan fingerprint density at radius 3 is 2.22 bits per heavy atom. The second kappa shape index (κ2) is 8.96. The molecule has 1 rings (SSSR count). The number of rotatable bonds is 8. The summed E-state index contributed by atoms with van der Waals surface area (Å²) in [5, 5.41) is 3.76. The lowest BCUT2D eigenvalue weighted by Gasteiger charge is -2.35. The van der Waals surface area contributed by atoms with Gasteiger partial charge in [-0.25, -0.2) is 0 Å². The van der Waals surface area contributed by atoms with Crippen LogP contribution in [0.5, 0.6) is 0 Å². The van der Waals surface area contributed by atoms with Crippen molar-refractivity contribution in [2.45, 2.75) is 85.1 Å². The van der Waals surface area contributed by atoms with Crippen LogP contribution in [-0.2, 0) is 0 Å². The van der Waals surface area contributed by atoms with E-state index in [2.05, 4.69) is 33.0 Å². The molecule has 2 atom stereocenters. The lowest BCUT2D eigenvalue weighted by Crippen LogP contribution is -2.39. The Balaban J connectivity index is 2.39. The third kappa shape index (κ3) is 5.30. The van der Waals surface area contributed by atoms with E-state index < -0.39 is 0 Å². The van der Waals surface area contributed by atoms with Crippen LogP contribution >= 0.6 is 0 Å². The second-order valence-corrected chi connectivity index (χ2v) is 6.48. The van der Waals surface area contributed by atoms with Gasteiger partial charge in [0.05, 0.1) is 0 Å². The van der Waals surface area contributed by atoms with Crippen LogP contribution in [-0.4, -0.2) is 12.6 Å². The summed E-state index contributed by atoms with van der Waals surface area (Å²) < 4.78 is 0. The highest BCUT2D eigenvalue weighted by Gasteiger charge is 2.27. The molecule has 0 amide bonds. The molecule has 0 bridgehead atoms. The fourth-order valence-corrected chi connectivity index (χ4v) is 3.59. The van der Waals surface area contributed by atoms with Crippen LogP contribution in [0.3, 0.4) is 0 Å². The molecule has 0 saturated heterocycles. The summed E-state index contributed by atoms with van der Waals surface area (Å²) in [6.45, 7) is 10.5. The maximum Gasteiger partial charge on any atom is 0.00977 e. The molecule has 108 valence electrons. The summed E-state index contributed by atoms with van der Waals surface area (Å²) >= 11 is 0. The predicted octanol–water partition coefficient (Wildman–Crippen LogP) is 5.01. The predicted molar refractivity (Wildman–Crippen MR) is 81.9 cm³/mol. The first kappa shape index (κ1) is 16.0. The van der Waals surface area contributed by atoms with Gasteiger partial charge in [0.15, 0.2) is 0 Å². The van der Waals surface area contributed by atoms with Gasteiger partial charge < -0.3 is 5.32 Å². The minimum Gasteiger partial charge on any atom is -0.314 e. The van der Waals surface area contributed by atoms with Crippen molar-refractivity contribution in [1.82, 2.24) is 5.32 Å². The molecule has 1 N–H and O–H groups in total. The van der Waals surface area contributed by atoms with Crippen molar-refractivity contribution < 1.29 is 0 Å². The van der Waals surface area contributed by atoms with E-state index in [0.717, 1.165) is 30.3 Å². The van der Waals surface area contributed by atoms with Crippen molar-refractivity contribution in [2.75, 3.05) is 6.54 Å². The van der Waals surface area contributed by atoms with E-state index in [4.69, 9.17) is 0 Å². The van der Waals surface area contributed by atoms with Gasteiger partial charge in [-0.05, 0) is 43.6 Å². The zero-order valence-electron chi connectivity index (χ0n) is 13.2. The standard InChI is InChI=1S/C17H35N/c1-5-8-15-9-11-16(12-10-15)17(18-7-3)13-14(4)6-2/h14-18H,5-13H2,1-4H3. The van der Waals surface area contributed by atoms with Crippen molar-refractivity contribution in [1.29, 1.82) is 0 Å². The molecule has 18 heavy (non-hydrogen) atoms. The first-order valence-electron chi connectivity index (χ1n) is 8.44. The molecule has 0 spiro atoms. The average molecular weight is 253 g/mol. The van der Waals surface area contributed by atoms with Crippen LogP contribution in [0.15, 0.2) is 0 Å². The highest BCUT2D eigenvalue weighted by molar-refractivity contribution is 4.82.